The van der Waals surface area contributed by atoms with Crippen LogP contribution < -0.4 is 15.4 Å². The number of fused-ring (bicyclic) bond motifs is 1. The molecule has 0 fully saturated rings. The first-order valence-corrected chi connectivity index (χ1v) is 5.83. The zero-order valence-electron chi connectivity index (χ0n) is 10.2. The standard InChI is InChI=1S/C13H20N2O/c1-9-4-5-11-13(8-9)16-12(6-7-14)10(2)15(11)3/h4-5,8,10,12H,6-7,14H2,1-3H3. The molecule has 2 rings (SSSR count). The summed E-state index contributed by atoms with van der Waals surface area (Å²) < 4.78 is 6.01. The normalized spacial score (nSPS) is 23.9. The molecule has 1 aromatic carbocycles. The number of rotatable bonds is 2. The molecule has 1 aliphatic rings. The van der Waals surface area contributed by atoms with Crippen LogP contribution in [-0.4, -0.2) is 25.7 Å². The zero-order valence-corrected chi connectivity index (χ0v) is 10.2. The van der Waals surface area contributed by atoms with E-state index in [1.807, 2.05) is 0 Å². The number of ether oxygens (including phenoxy) is 1. The Hall–Kier alpha value is -1.22. The minimum Gasteiger partial charge on any atom is -0.486 e. The molecular formula is C13H20N2O. The smallest absolute Gasteiger partial charge is 0.143 e. The van der Waals surface area contributed by atoms with E-state index in [0.717, 1.165) is 12.2 Å². The molecule has 0 aromatic heterocycles. The van der Waals surface area contributed by atoms with Crippen molar-refractivity contribution in [2.24, 2.45) is 5.73 Å². The van der Waals surface area contributed by atoms with Crippen LogP contribution in [0.3, 0.4) is 0 Å². The zero-order chi connectivity index (χ0) is 11.7. The van der Waals surface area contributed by atoms with Crippen molar-refractivity contribution >= 4 is 5.69 Å². The van der Waals surface area contributed by atoms with Crippen LogP contribution >= 0.6 is 0 Å². The third-order valence-corrected chi connectivity index (χ3v) is 3.37. The highest BCUT2D eigenvalue weighted by atomic mass is 16.5. The molecular weight excluding hydrogens is 200 g/mol. The van der Waals surface area contributed by atoms with E-state index in [9.17, 15) is 0 Å². The molecule has 0 aliphatic carbocycles. The molecule has 1 heterocycles. The van der Waals surface area contributed by atoms with E-state index in [0.29, 0.717) is 12.6 Å². The molecule has 0 bridgehead atoms. The Morgan fingerprint density at radius 3 is 2.88 bits per heavy atom. The quantitative estimate of drug-likeness (QED) is 0.827. The van der Waals surface area contributed by atoms with Crippen molar-refractivity contribution in [2.75, 3.05) is 18.5 Å². The molecule has 88 valence electrons. The molecule has 0 amide bonds. The number of likely N-dealkylation sites (N-methyl/N-ethyl adjacent to an activating group) is 1. The molecule has 2 N–H and O–H groups in total. The number of nitrogens with zero attached hydrogens (tertiary/aromatic N) is 1. The highest BCUT2D eigenvalue weighted by Gasteiger charge is 2.29. The van der Waals surface area contributed by atoms with Crippen LogP contribution in [-0.2, 0) is 0 Å². The first-order valence-electron chi connectivity index (χ1n) is 5.83. The van der Waals surface area contributed by atoms with Gasteiger partial charge in [0.05, 0.1) is 11.7 Å². The van der Waals surface area contributed by atoms with Gasteiger partial charge in [0.2, 0.25) is 0 Å². The van der Waals surface area contributed by atoms with Gasteiger partial charge in [-0.15, -0.1) is 0 Å². The number of benzene rings is 1. The summed E-state index contributed by atoms with van der Waals surface area (Å²) >= 11 is 0. The van der Waals surface area contributed by atoms with Crippen LogP contribution in [0, 0.1) is 6.92 Å². The average molecular weight is 220 g/mol. The van der Waals surface area contributed by atoms with E-state index in [1.165, 1.54) is 11.3 Å². The van der Waals surface area contributed by atoms with Gasteiger partial charge in [-0.25, -0.2) is 0 Å². The summed E-state index contributed by atoms with van der Waals surface area (Å²) in [5.74, 6) is 0.985. The summed E-state index contributed by atoms with van der Waals surface area (Å²) in [7, 11) is 2.12. The van der Waals surface area contributed by atoms with E-state index in [4.69, 9.17) is 10.5 Å². The number of hydrogen-bond acceptors (Lipinski definition) is 3. The van der Waals surface area contributed by atoms with Crippen LogP contribution in [0.25, 0.3) is 0 Å². The van der Waals surface area contributed by atoms with Crippen molar-refractivity contribution in [1.29, 1.82) is 0 Å². The predicted octanol–water partition coefficient (Wildman–Crippen LogP) is 1.93. The summed E-state index contributed by atoms with van der Waals surface area (Å²) in [6, 6.07) is 6.72. The summed E-state index contributed by atoms with van der Waals surface area (Å²) in [5, 5.41) is 0. The lowest BCUT2D eigenvalue weighted by Gasteiger charge is -2.39. The Morgan fingerprint density at radius 2 is 2.19 bits per heavy atom. The Bertz CT molecular complexity index is 378. The lowest BCUT2D eigenvalue weighted by molar-refractivity contribution is 0.154. The minimum atomic E-state index is 0.198. The van der Waals surface area contributed by atoms with E-state index < -0.39 is 0 Å². The monoisotopic (exact) mass is 220 g/mol. The van der Waals surface area contributed by atoms with Gasteiger partial charge in [0.1, 0.15) is 11.9 Å². The van der Waals surface area contributed by atoms with E-state index >= 15 is 0 Å². The fraction of sp³-hybridized carbons (Fsp3) is 0.538. The summed E-state index contributed by atoms with van der Waals surface area (Å²) in [6.45, 7) is 4.94. The molecule has 0 spiro atoms. The van der Waals surface area contributed by atoms with Crippen molar-refractivity contribution in [3.05, 3.63) is 23.8 Å². The second kappa shape index (κ2) is 4.34. The maximum absolute atomic E-state index is 6.01. The second-order valence-electron chi connectivity index (χ2n) is 4.56. The predicted molar refractivity (Wildman–Crippen MR) is 67.1 cm³/mol. The Balaban J connectivity index is 2.32. The van der Waals surface area contributed by atoms with Gasteiger partial charge >= 0.3 is 0 Å². The maximum Gasteiger partial charge on any atom is 0.143 e. The summed E-state index contributed by atoms with van der Waals surface area (Å²) in [4.78, 5) is 2.28. The molecule has 1 aromatic rings. The Labute approximate surface area is 97.2 Å². The van der Waals surface area contributed by atoms with Gasteiger partial charge < -0.3 is 15.4 Å². The minimum absolute atomic E-state index is 0.198. The first-order chi connectivity index (χ1) is 7.63. The van der Waals surface area contributed by atoms with Crippen molar-refractivity contribution in [3.8, 4) is 5.75 Å². The van der Waals surface area contributed by atoms with Crippen molar-refractivity contribution in [3.63, 3.8) is 0 Å². The van der Waals surface area contributed by atoms with Gasteiger partial charge in [-0.2, -0.15) is 0 Å². The number of hydrogen-bond donors (Lipinski definition) is 1. The molecule has 3 nitrogen and oxygen atoms in total. The lowest BCUT2D eigenvalue weighted by Crippen LogP contribution is -2.46. The van der Waals surface area contributed by atoms with Gasteiger partial charge in [-0.1, -0.05) is 6.07 Å². The Kier molecular flexibility index (Phi) is 3.06. The van der Waals surface area contributed by atoms with Crippen LogP contribution in [0.15, 0.2) is 18.2 Å². The van der Waals surface area contributed by atoms with Crippen LogP contribution in [0.5, 0.6) is 5.75 Å². The van der Waals surface area contributed by atoms with Gasteiger partial charge in [0.25, 0.3) is 0 Å². The molecule has 0 saturated carbocycles. The molecule has 0 saturated heterocycles. The number of anilines is 1. The average Bonchev–Trinajstić information content (AvgIpc) is 2.25. The SMILES string of the molecule is Cc1ccc2c(c1)OC(CCN)C(C)N2C. The lowest BCUT2D eigenvalue weighted by atomic mass is 10.0. The molecule has 16 heavy (non-hydrogen) atoms. The van der Waals surface area contributed by atoms with Crippen molar-refractivity contribution in [1.82, 2.24) is 0 Å². The summed E-state index contributed by atoms with van der Waals surface area (Å²) in [6.07, 6.45) is 1.10. The van der Waals surface area contributed by atoms with E-state index in [2.05, 4.69) is 44.0 Å². The summed E-state index contributed by atoms with van der Waals surface area (Å²) in [5.41, 5.74) is 8.02. The van der Waals surface area contributed by atoms with Gasteiger partial charge in [0.15, 0.2) is 0 Å². The Morgan fingerprint density at radius 1 is 1.44 bits per heavy atom. The fourth-order valence-electron chi connectivity index (χ4n) is 2.20. The van der Waals surface area contributed by atoms with Crippen molar-refractivity contribution < 1.29 is 4.74 Å². The number of aryl methyl sites for hydroxylation is 1. The molecule has 1 aliphatic heterocycles. The number of nitrogens with two attached hydrogens (primary N) is 1. The third kappa shape index (κ3) is 1.87. The van der Waals surface area contributed by atoms with E-state index in [1.54, 1.807) is 0 Å². The van der Waals surface area contributed by atoms with Gasteiger partial charge in [-0.05, 0) is 44.5 Å². The van der Waals surface area contributed by atoms with E-state index in [-0.39, 0.29) is 6.10 Å². The largest absolute Gasteiger partial charge is 0.486 e. The topological polar surface area (TPSA) is 38.5 Å². The maximum atomic E-state index is 6.01. The third-order valence-electron chi connectivity index (χ3n) is 3.37. The second-order valence-corrected chi connectivity index (χ2v) is 4.56. The molecule has 2 atom stereocenters. The fourth-order valence-corrected chi connectivity index (χ4v) is 2.20. The molecule has 2 unspecified atom stereocenters. The molecule has 3 heteroatoms. The molecule has 0 radical (unpaired) electrons. The highest BCUT2D eigenvalue weighted by Crippen LogP contribution is 2.36. The van der Waals surface area contributed by atoms with Crippen LogP contribution in [0.4, 0.5) is 5.69 Å². The highest BCUT2D eigenvalue weighted by molar-refractivity contribution is 5.61. The van der Waals surface area contributed by atoms with Crippen LogP contribution in [0.1, 0.15) is 18.9 Å². The van der Waals surface area contributed by atoms with Crippen molar-refractivity contribution in [2.45, 2.75) is 32.4 Å². The first kappa shape index (κ1) is 11.3. The van der Waals surface area contributed by atoms with Gasteiger partial charge in [0, 0.05) is 7.05 Å². The van der Waals surface area contributed by atoms with Gasteiger partial charge in [-0.3, -0.25) is 0 Å². The van der Waals surface area contributed by atoms with Crippen LogP contribution in [0.2, 0.25) is 0 Å².